The monoisotopic (exact) mass is 294 g/mol. The van der Waals surface area contributed by atoms with E-state index >= 15 is 0 Å². The van der Waals surface area contributed by atoms with Gasteiger partial charge in [-0.3, -0.25) is 4.79 Å². The van der Waals surface area contributed by atoms with Crippen LogP contribution in [0.15, 0.2) is 0 Å². The molecule has 2 N–H and O–H groups in total. The van der Waals surface area contributed by atoms with Crippen LogP contribution in [0.5, 0.6) is 0 Å². The van der Waals surface area contributed by atoms with Crippen molar-refractivity contribution < 1.29 is 4.79 Å². The Hall–Kier alpha value is -0.570. The second-order valence-electron chi connectivity index (χ2n) is 8.42. The zero-order valence-corrected chi connectivity index (χ0v) is 14.5. The Kier molecular flexibility index (Phi) is 5.34. The first kappa shape index (κ1) is 16.8. The van der Waals surface area contributed by atoms with E-state index in [1.54, 1.807) is 0 Å². The number of rotatable bonds is 3. The fourth-order valence-electron chi connectivity index (χ4n) is 4.29. The van der Waals surface area contributed by atoms with E-state index in [2.05, 4.69) is 45.3 Å². The van der Waals surface area contributed by atoms with Gasteiger partial charge in [0.25, 0.3) is 0 Å². The molecule has 2 fully saturated rings. The van der Waals surface area contributed by atoms with E-state index in [4.69, 9.17) is 0 Å². The van der Waals surface area contributed by atoms with Crippen molar-refractivity contribution in [1.82, 2.24) is 10.6 Å². The maximum absolute atomic E-state index is 12.8. The third-order valence-electron chi connectivity index (χ3n) is 5.74. The molecule has 1 saturated heterocycles. The van der Waals surface area contributed by atoms with Gasteiger partial charge in [-0.05, 0) is 55.4 Å². The molecule has 0 aromatic heterocycles. The van der Waals surface area contributed by atoms with Crippen molar-refractivity contribution in [1.29, 1.82) is 0 Å². The van der Waals surface area contributed by atoms with Crippen molar-refractivity contribution in [3.63, 3.8) is 0 Å². The molecule has 0 radical (unpaired) electrons. The van der Waals surface area contributed by atoms with Gasteiger partial charge in [-0.2, -0.15) is 0 Å². The van der Waals surface area contributed by atoms with Gasteiger partial charge in [0.1, 0.15) is 0 Å². The van der Waals surface area contributed by atoms with Crippen molar-refractivity contribution >= 4 is 5.91 Å². The molecule has 2 rings (SSSR count). The molecule has 1 saturated carbocycles. The molecular weight excluding hydrogens is 260 g/mol. The lowest BCUT2D eigenvalue weighted by atomic mass is 9.73. The van der Waals surface area contributed by atoms with E-state index in [0.717, 1.165) is 25.3 Å². The highest BCUT2D eigenvalue weighted by atomic mass is 16.2. The lowest BCUT2D eigenvalue weighted by Gasteiger charge is -2.42. The van der Waals surface area contributed by atoms with Crippen molar-refractivity contribution in [2.45, 2.75) is 78.8 Å². The summed E-state index contributed by atoms with van der Waals surface area (Å²) in [6, 6.07) is 0.331. The fourth-order valence-corrected chi connectivity index (χ4v) is 4.29. The van der Waals surface area contributed by atoms with Gasteiger partial charge >= 0.3 is 0 Å². The zero-order valence-electron chi connectivity index (χ0n) is 14.5. The SMILES string of the molecule is CC1CCC(C(C)C)C(NC(=O)C2NCCCC2(C)C)C1. The standard InChI is InChI=1S/C18H34N2O/c1-12(2)14-8-7-13(3)11-15(14)20-17(21)16-18(4,5)9-6-10-19-16/h12-16,19H,6-11H2,1-5H3,(H,20,21). The maximum atomic E-state index is 12.8. The van der Waals surface area contributed by atoms with Gasteiger partial charge in [-0.1, -0.05) is 41.0 Å². The average Bonchev–Trinajstić information content (AvgIpc) is 2.37. The van der Waals surface area contributed by atoms with Crippen LogP contribution in [0, 0.1) is 23.2 Å². The van der Waals surface area contributed by atoms with Crippen LogP contribution in [0.3, 0.4) is 0 Å². The number of hydrogen-bond acceptors (Lipinski definition) is 2. The number of piperidine rings is 1. The number of carbonyl (C=O) groups is 1. The first-order chi connectivity index (χ1) is 9.81. The normalized spacial score (nSPS) is 36.5. The number of amides is 1. The Morgan fingerprint density at radius 3 is 2.62 bits per heavy atom. The minimum Gasteiger partial charge on any atom is -0.352 e. The predicted molar refractivity (Wildman–Crippen MR) is 88.1 cm³/mol. The molecule has 1 amide bonds. The molecule has 3 heteroatoms. The van der Waals surface area contributed by atoms with Gasteiger partial charge < -0.3 is 10.6 Å². The molecule has 1 aliphatic carbocycles. The summed E-state index contributed by atoms with van der Waals surface area (Å²) in [5, 5.41) is 6.85. The summed E-state index contributed by atoms with van der Waals surface area (Å²) in [7, 11) is 0. The van der Waals surface area contributed by atoms with Gasteiger partial charge in [0.2, 0.25) is 5.91 Å². The van der Waals surface area contributed by atoms with E-state index in [0.29, 0.717) is 17.9 Å². The molecule has 4 unspecified atom stereocenters. The third kappa shape index (κ3) is 4.00. The van der Waals surface area contributed by atoms with E-state index in [-0.39, 0.29) is 17.4 Å². The van der Waals surface area contributed by atoms with Crippen molar-refractivity contribution in [3.05, 3.63) is 0 Å². The van der Waals surface area contributed by atoms with Crippen LogP contribution < -0.4 is 10.6 Å². The first-order valence-electron chi connectivity index (χ1n) is 8.85. The Labute approximate surface area is 130 Å². The van der Waals surface area contributed by atoms with Crippen LogP contribution in [-0.2, 0) is 4.79 Å². The molecular formula is C18H34N2O. The van der Waals surface area contributed by atoms with E-state index in [1.807, 2.05) is 0 Å². The molecule has 21 heavy (non-hydrogen) atoms. The minimum atomic E-state index is -0.0312. The Morgan fingerprint density at radius 2 is 2.00 bits per heavy atom. The predicted octanol–water partition coefficient (Wildman–Crippen LogP) is 3.34. The third-order valence-corrected chi connectivity index (χ3v) is 5.74. The molecule has 0 aromatic rings. The lowest BCUT2D eigenvalue weighted by Crippen LogP contribution is -2.58. The van der Waals surface area contributed by atoms with Crippen LogP contribution in [0.1, 0.15) is 66.7 Å². The van der Waals surface area contributed by atoms with Gasteiger partial charge in [0, 0.05) is 6.04 Å². The lowest BCUT2D eigenvalue weighted by molar-refractivity contribution is -0.128. The van der Waals surface area contributed by atoms with E-state index in [1.165, 1.54) is 19.3 Å². The Morgan fingerprint density at radius 1 is 1.29 bits per heavy atom. The minimum absolute atomic E-state index is 0.0312. The Bertz CT molecular complexity index is 364. The molecule has 3 nitrogen and oxygen atoms in total. The van der Waals surface area contributed by atoms with Crippen LogP contribution in [-0.4, -0.2) is 24.5 Å². The summed E-state index contributed by atoms with van der Waals surface area (Å²) in [6.45, 7) is 12.3. The number of hydrogen-bond donors (Lipinski definition) is 2. The van der Waals surface area contributed by atoms with E-state index < -0.39 is 0 Å². The molecule has 0 bridgehead atoms. The molecule has 4 atom stereocenters. The first-order valence-corrected chi connectivity index (χ1v) is 8.85. The van der Waals surface area contributed by atoms with Crippen molar-refractivity contribution in [2.24, 2.45) is 23.2 Å². The van der Waals surface area contributed by atoms with Gasteiger partial charge in [0.05, 0.1) is 6.04 Å². The highest BCUT2D eigenvalue weighted by Crippen LogP contribution is 2.35. The van der Waals surface area contributed by atoms with Crippen molar-refractivity contribution in [2.75, 3.05) is 6.54 Å². The van der Waals surface area contributed by atoms with Gasteiger partial charge in [-0.25, -0.2) is 0 Å². The summed E-state index contributed by atoms with van der Waals surface area (Å²) in [6.07, 6.45) is 6.01. The topological polar surface area (TPSA) is 41.1 Å². The van der Waals surface area contributed by atoms with Crippen LogP contribution >= 0.6 is 0 Å². The van der Waals surface area contributed by atoms with Crippen LogP contribution in [0.4, 0.5) is 0 Å². The summed E-state index contributed by atoms with van der Waals surface area (Å²) in [5.41, 5.74) is 0.0654. The molecule has 0 aromatic carbocycles. The average molecular weight is 294 g/mol. The van der Waals surface area contributed by atoms with Crippen LogP contribution in [0.2, 0.25) is 0 Å². The zero-order chi connectivity index (χ0) is 15.6. The summed E-state index contributed by atoms with van der Waals surface area (Å²) < 4.78 is 0. The number of nitrogens with one attached hydrogen (secondary N) is 2. The molecule has 1 aliphatic heterocycles. The number of carbonyl (C=O) groups excluding carboxylic acids is 1. The molecule has 1 heterocycles. The van der Waals surface area contributed by atoms with E-state index in [9.17, 15) is 4.79 Å². The Balaban J connectivity index is 2.02. The van der Waals surface area contributed by atoms with Gasteiger partial charge in [0.15, 0.2) is 0 Å². The smallest absolute Gasteiger partial charge is 0.237 e. The largest absolute Gasteiger partial charge is 0.352 e. The summed E-state index contributed by atoms with van der Waals surface area (Å²) in [5.74, 6) is 2.24. The second-order valence-corrected chi connectivity index (χ2v) is 8.42. The summed E-state index contributed by atoms with van der Waals surface area (Å²) in [4.78, 5) is 12.8. The maximum Gasteiger partial charge on any atom is 0.237 e. The van der Waals surface area contributed by atoms with Gasteiger partial charge in [-0.15, -0.1) is 0 Å². The highest BCUT2D eigenvalue weighted by molar-refractivity contribution is 5.83. The fraction of sp³-hybridized carbons (Fsp3) is 0.944. The van der Waals surface area contributed by atoms with Crippen molar-refractivity contribution in [3.8, 4) is 0 Å². The molecule has 122 valence electrons. The quantitative estimate of drug-likeness (QED) is 0.838. The van der Waals surface area contributed by atoms with Crippen LogP contribution in [0.25, 0.3) is 0 Å². The summed E-state index contributed by atoms with van der Waals surface area (Å²) >= 11 is 0. The molecule has 0 spiro atoms. The highest BCUT2D eigenvalue weighted by Gasteiger charge is 2.39. The molecule has 2 aliphatic rings. The second kappa shape index (κ2) is 6.68.